The van der Waals surface area contributed by atoms with Gasteiger partial charge in [-0.05, 0) is 67.9 Å². The van der Waals surface area contributed by atoms with Gasteiger partial charge in [-0.2, -0.15) is 0 Å². The van der Waals surface area contributed by atoms with E-state index in [9.17, 15) is 14.4 Å². The number of unbranched alkanes of at least 4 members (excludes halogenated alkanes) is 1. The van der Waals surface area contributed by atoms with Crippen molar-refractivity contribution >= 4 is 40.9 Å². The van der Waals surface area contributed by atoms with E-state index in [0.29, 0.717) is 29.1 Å². The SMILES string of the molecule is CCCCOC(=O)c1ccc(NC(=O)CSc2cccc(NC(=O)c3cccc(C)c3)c2)cc1. The van der Waals surface area contributed by atoms with Crippen molar-refractivity contribution in [2.45, 2.75) is 31.6 Å². The average molecular weight is 477 g/mol. The van der Waals surface area contributed by atoms with Crippen LogP contribution in [-0.2, 0) is 9.53 Å². The summed E-state index contributed by atoms with van der Waals surface area (Å²) in [7, 11) is 0. The van der Waals surface area contributed by atoms with Crippen molar-refractivity contribution in [1.82, 2.24) is 0 Å². The molecule has 0 unspecified atom stereocenters. The second kappa shape index (κ2) is 12.6. The smallest absolute Gasteiger partial charge is 0.338 e. The summed E-state index contributed by atoms with van der Waals surface area (Å²) in [6.07, 6.45) is 1.79. The van der Waals surface area contributed by atoms with Crippen molar-refractivity contribution in [2.24, 2.45) is 0 Å². The highest BCUT2D eigenvalue weighted by Gasteiger charge is 2.10. The van der Waals surface area contributed by atoms with E-state index in [1.54, 1.807) is 30.3 Å². The van der Waals surface area contributed by atoms with Crippen LogP contribution in [0.3, 0.4) is 0 Å². The Hall–Kier alpha value is -3.58. The van der Waals surface area contributed by atoms with Gasteiger partial charge in [0.15, 0.2) is 0 Å². The van der Waals surface area contributed by atoms with Gasteiger partial charge in [0.2, 0.25) is 5.91 Å². The molecule has 0 aliphatic carbocycles. The van der Waals surface area contributed by atoms with Crippen molar-refractivity contribution in [3.8, 4) is 0 Å². The largest absolute Gasteiger partial charge is 0.462 e. The van der Waals surface area contributed by atoms with E-state index >= 15 is 0 Å². The number of hydrogen-bond acceptors (Lipinski definition) is 5. The Morgan fingerprint density at radius 3 is 2.35 bits per heavy atom. The van der Waals surface area contributed by atoms with Crippen LogP contribution in [0.1, 0.15) is 46.0 Å². The summed E-state index contributed by atoms with van der Waals surface area (Å²) >= 11 is 1.37. The molecule has 34 heavy (non-hydrogen) atoms. The lowest BCUT2D eigenvalue weighted by Gasteiger charge is -2.09. The minimum absolute atomic E-state index is 0.169. The third-order valence-corrected chi connectivity index (χ3v) is 5.87. The highest BCUT2D eigenvalue weighted by Crippen LogP contribution is 2.22. The van der Waals surface area contributed by atoms with Gasteiger partial charge in [0.25, 0.3) is 5.91 Å². The second-order valence-electron chi connectivity index (χ2n) is 7.76. The Morgan fingerprint density at radius 2 is 1.62 bits per heavy atom. The normalized spacial score (nSPS) is 10.4. The third-order valence-electron chi connectivity index (χ3n) is 4.88. The third kappa shape index (κ3) is 7.78. The fourth-order valence-electron chi connectivity index (χ4n) is 3.08. The Morgan fingerprint density at radius 1 is 0.853 bits per heavy atom. The highest BCUT2D eigenvalue weighted by atomic mass is 32.2. The van der Waals surface area contributed by atoms with E-state index in [-0.39, 0.29) is 23.5 Å². The molecule has 0 atom stereocenters. The van der Waals surface area contributed by atoms with Crippen LogP contribution in [0.15, 0.2) is 77.7 Å². The summed E-state index contributed by atoms with van der Waals surface area (Å²) in [5.41, 5.74) is 3.34. The zero-order valence-electron chi connectivity index (χ0n) is 19.3. The number of anilines is 2. The molecule has 0 spiro atoms. The molecule has 6 nitrogen and oxygen atoms in total. The van der Waals surface area contributed by atoms with E-state index in [1.807, 2.05) is 56.3 Å². The molecule has 2 amide bonds. The van der Waals surface area contributed by atoms with Crippen LogP contribution >= 0.6 is 11.8 Å². The summed E-state index contributed by atoms with van der Waals surface area (Å²) in [4.78, 5) is 37.7. The molecule has 3 rings (SSSR count). The second-order valence-corrected chi connectivity index (χ2v) is 8.80. The standard InChI is InChI=1S/C27H28N2O4S/c1-3-4-15-33-27(32)20-11-13-22(14-12-20)28-25(30)18-34-24-10-6-9-23(17-24)29-26(31)21-8-5-7-19(2)16-21/h5-14,16-17H,3-4,15,18H2,1-2H3,(H,28,30)(H,29,31). The molecule has 0 aromatic heterocycles. The molecule has 0 bridgehead atoms. The quantitative estimate of drug-likeness (QED) is 0.215. The number of thioether (sulfide) groups is 1. The van der Waals surface area contributed by atoms with Gasteiger partial charge < -0.3 is 15.4 Å². The number of carbonyl (C=O) groups excluding carboxylic acids is 3. The van der Waals surface area contributed by atoms with Crippen molar-refractivity contribution < 1.29 is 19.1 Å². The monoisotopic (exact) mass is 476 g/mol. The van der Waals surface area contributed by atoms with Crippen LogP contribution in [0.5, 0.6) is 0 Å². The molecule has 7 heteroatoms. The molecule has 3 aromatic carbocycles. The molecule has 0 saturated carbocycles. The van der Waals surface area contributed by atoms with Crippen LogP contribution in [0.4, 0.5) is 11.4 Å². The molecule has 0 heterocycles. The van der Waals surface area contributed by atoms with Gasteiger partial charge in [-0.15, -0.1) is 11.8 Å². The van der Waals surface area contributed by atoms with Crippen molar-refractivity contribution in [3.05, 3.63) is 89.5 Å². The Bertz CT molecular complexity index is 1150. The minimum Gasteiger partial charge on any atom is -0.462 e. The van der Waals surface area contributed by atoms with Gasteiger partial charge in [-0.25, -0.2) is 4.79 Å². The first-order chi connectivity index (χ1) is 16.4. The first-order valence-electron chi connectivity index (χ1n) is 11.1. The molecule has 0 saturated heterocycles. The van der Waals surface area contributed by atoms with Crippen LogP contribution in [-0.4, -0.2) is 30.1 Å². The zero-order valence-corrected chi connectivity index (χ0v) is 20.1. The van der Waals surface area contributed by atoms with Gasteiger partial charge in [0, 0.05) is 21.8 Å². The number of ether oxygens (including phenoxy) is 1. The molecule has 3 aromatic rings. The summed E-state index contributed by atoms with van der Waals surface area (Å²) in [5, 5.41) is 5.72. The maximum atomic E-state index is 12.5. The first kappa shape index (κ1) is 25.1. The zero-order chi connectivity index (χ0) is 24.3. The van der Waals surface area contributed by atoms with E-state index in [4.69, 9.17) is 4.74 Å². The molecular weight excluding hydrogens is 448 g/mol. The number of carbonyl (C=O) groups is 3. The molecule has 2 N–H and O–H groups in total. The van der Waals surface area contributed by atoms with Crippen molar-refractivity contribution in [3.63, 3.8) is 0 Å². The molecule has 0 fully saturated rings. The Balaban J connectivity index is 1.49. The fraction of sp³-hybridized carbons (Fsp3) is 0.222. The topological polar surface area (TPSA) is 84.5 Å². The Labute approximate surface area is 204 Å². The van der Waals surface area contributed by atoms with Crippen LogP contribution in [0, 0.1) is 6.92 Å². The highest BCUT2D eigenvalue weighted by molar-refractivity contribution is 8.00. The molecule has 0 radical (unpaired) electrons. The van der Waals surface area contributed by atoms with Gasteiger partial charge in [0.05, 0.1) is 17.9 Å². The lowest BCUT2D eigenvalue weighted by molar-refractivity contribution is -0.113. The van der Waals surface area contributed by atoms with Gasteiger partial charge >= 0.3 is 5.97 Å². The summed E-state index contributed by atoms with van der Waals surface area (Å²) < 4.78 is 5.19. The average Bonchev–Trinajstić information content (AvgIpc) is 2.83. The number of nitrogens with one attached hydrogen (secondary N) is 2. The fourth-order valence-corrected chi connectivity index (χ4v) is 3.84. The van der Waals surface area contributed by atoms with E-state index in [1.165, 1.54) is 11.8 Å². The van der Waals surface area contributed by atoms with Gasteiger partial charge in [0.1, 0.15) is 0 Å². The van der Waals surface area contributed by atoms with E-state index in [0.717, 1.165) is 23.3 Å². The maximum absolute atomic E-state index is 12.5. The first-order valence-corrected chi connectivity index (χ1v) is 12.1. The van der Waals surface area contributed by atoms with E-state index in [2.05, 4.69) is 10.6 Å². The molecule has 0 aliphatic heterocycles. The predicted molar refractivity (Wildman–Crippen MR) is 137 cm³/mol. The van der Waals surface area contributed by atoms with E-state index < -0.39 is 0 Å². The van der Waals surface area contributed by atoms with Crippen LogP contribution in [0.25, 0.3) is 0 Å². The molecule has 176 valence electrons. The minimum atomic E-state index is -0.365. The lowest BCUT2D eigenvalue weighted by Crippen LogP contribution is -2.14. The number of aryl methyl sites for hydroxylation is 1. The maximum Gasteiger partial charge on any atom is 0.338 e. The number of amides is 2. The predicted octanol–water partition coefficient (Wildman–Crippen LogP) is 5.94. The van der Waals surface area contributed by atoms with Crippen LogP contribution in [0.2, 0.25) is 0 Å². The van der Waals surface area contributed by atoms with Crippen molar-refractivity contribution in [1.29, 1.82) is 0 Å². The summed E-state index contributed by atoms with van der Waals surface area (Å²) in [6.45, 7) is 4.38. The summed E-state index contributed by atoms with van der Waals surface area (Å²) in [5.74, 6) is -0.508. The number of benzene rings is 3. The van der Waals surface area contributed by atoms with Gasteiger partial charge in [-0.1, -0.05) is 37.1 Å². The number of hydrogen-bond donors (Lipinski definition) is 2. The number of esters is 1. The Kier molecular flexibility index (Phi) is 9.29. The lowest BCUT2D eigenvalue weighted by atomic mass is 10.1. The summed E-state index contributed by atoms with van der Waals surface area (Å²) in [6, 6.07) is 21.4. The van der Waals surface area contributed by atoms with Crippen LogP contribution < -0.4 is 10.6 Å². The number of rotatable bonds is 10. The molecule has 0 aliphatic rings. The molecular formula is C27H28N2O4S. The van der Waals surface area contributed by atoms with Crippen molar-refractivity contribution in [2.75, 3.05) is 23.0 Å². The van der Waals surface area contributed by atoms with Gasteiger partial charge in [-0.3, -0.25) is 9.59 Å².